The average Bonchev–Trinajstić information content (AvgIpc) is 3.52. The molecule has 9 aromatic rings. The highest BCUT2D eigenvalue weighted by atomic mass is 15.1. The third kappa shape index (κ3) is 4.66. The molecular weight excluding hydrogens is 581 g/mol. The molecular formula is C46H32N2. The molecule has 1 heterocycles. The summed E-state index contributed by atoms with van der Waals surface area (Å²) >= 11 is 0. The Morgan fingerprint density at radius 1 is 0.354 bits per heavy atom. The van der Waals surface area contributed by atoms with Gasteiger partial charge >= 0.3 is 0 Å². The molecule has 0 radical (unpaired) electrons. The number of hydrogen-bond acceptors (Lipinski definition) is 1. The van der Waals surface area contributed by atoms with Gasteiger partial charge in [-0.25, -0.2) is 0 Å². The van der Waals surface area contributed by atoms with Crippen LogP contribution in [0.3, 0.4) is 0 Å². The minimum Gasteiger partial charge on any atom is -0.311 e. The molecule has 9 rings (SSSR count). The van der Waals surface area contributed by atoms with Gasteiger partial charge in [0.1, 0.15) is 0 Å². The van der Waals surface area contributed by atoms with Gasteiger partial charge in [0, 0.05) is 44.5 Å². The van der Waals surface area contributed by atoms with E-state index in [4.69, 9.17) is 0 Å². The highest BCUT2D eigenvalue weighted by Crippen LogP contribution is 2.45. The number of aromatic nitrogens is 1. The normalized spacial score (nSPS) is 11.3. The molecule has 0 saturated carbocycles. The molecule has 0 aliphatic carbocycles. The zero-order chi connectivity index (χ0) is 31.9. The second-order valence-corrected chi connectivity index (χ2v) is 12.2. The molecule has 2 nitrogen and oxygen atoms in total. The Kier molecular flexibility index (Phi) is 6.84. The van der Waals surface area contributed by atoms with Crippen LogP contribution in [0.1, 0.15) is 0 Å². The third-order valence-electron chi connectivity index (χ3n) is 9.34. The van der Waals surface area contributed by atoms with E-state index in [9.17, 15) is 0 Å². The number of fused-ring (bicyclic) bond motifs is 5. The number of para-hydroxylation sites is 4. The van der Waals surface area contributed by atoms with Crippen molar-refractivity contribution in [1.29, 1.82) is 0 Å². The van der Waals surface area contributed by atoms with Crippen LogP contribution in [-0.4, -0.2) is 4.57 Å². The van der Waals surface area contributed by atoms with Gasteiger partial charge in [0.2, 0.25) is 0 Å². The monoisotopic (exact) mass is 612 g/mol. The Morgan fingerprint density at radius 2 is 0.875 bits per heavy atom. The Morgan fingerprint density at radius 3 is 1.54 bits per heavy atom. The minimum atomic E-state index is 1.12. The topological polar surface area (TPSA) is 8.17 Å². The Hall–Kier alpha value is -6.38. The second-order valence-electron chi connectivity index (χ2n) is 12.2. The van der Waals surface area contributed by atoms with Gasteiger partial charge < -0.3 is 9.47 Å². The first-order chi connectivity index (χ1) is 23.8. The van der Waals surface area contributed by atoms with Crippen LogP contribution < -0.4 is 4.90 Å². The van der Waals surface area contributed by atoms with E-state index in [1.54, 1.807) is 0 Å². The zero-order valence-corrected chi connectivity index (χ0v) is 26.4. The zero-order valence-electron chi connectivity index (χ0n) is 26.4. The fourth-order valence-corrected chi connectivity index (χ4v) is 7.24. The maximum absolute atomic E-state index is 2.49. The van der Waals surface area contributed by atoms with Gasteiger partial charge in [-0.3, -0.25) is 0 Å². The molecule has 0 aliphatic heterocycles. The molecule has 0 amide bonds. The summed E-state index contributed by atoms with van der Waals surface area (Å²) in [4.78, 5) is 2.31. The summed E-state index contributed by atoms with van der Waals surface area (Å²) in [5.74, 6) is 0. The molecule has 226 valence electrons. The van der Waals surface area contributed by atoms with E-state index in [0.29, 0.717) is 0 Å². The molecule has 1 aromatic heterocycles. The molecule has 0 aliphatic rings. The molecule has 8 aromatic carbocycles. The van der Waals surface area contributed by atoms with Crippen molar-refractivity contribution in [3.8, 4) is 27.9 Å². The summed E-state index contributed by atoms with van der Waals surface area (Å²) in [6, 6.07) is 69.7. The van der Waals surface area contributed by atoms with Gasteiger partial charge in [0.15, 0.2) is 0 Å². The van der Waals surface area contributed by atoms with Crippen molar-refractivity contribution in [1.82, 2.24) is 4.57 Å². The van der Waals surface area contributed by atoms with Crippen LogP contribution >= 0.6 is 0 Å². The van der Waals surface area contributed by atoms with E-state index < -0.39 is 0 Å². The van der Waals surface area contributed by atoms with E-state index in [0.717, 1.165) is 22.7 Å². The Labute approximate surface area is 280 Å². The summed E-state index contributed by atoms with van der Waals surface area (Å²) in [7, 11) is 0. The van der Waals surface area contributed by atoms with Crippen LogP contribution in [0.2, 0.25) is 0 Å². The quantitative estimate of drug-likeness (QED) is 0.181. The van der Waals surface area contributed by atoms with Crippen LogP contribution in [0, 0.1) is 0 Å². The number of nitrogens with zero attached hydrogens (tertiary/aromatic N) is 2. The van der Waals surface area contributed by atoms with Crippen molar-refractivity contribution < 1.29 is 0 Å². The van der Waals surface area contributed by atoms with Crippen molar-refractivity contribution in [2.45, 2.75) is 0 Å². The van der Waals surface area contributed by atoms with Gasteiger partial charge in [0.05, 0.1) is 11.0 Å². The van der Waals surface area contributed by atoms with Gasteiger partial charge in [0.25, 0.3) is 0 Å². The number of rotatable bonds is 6. The SMILES string of the molecule is c1ccc(-c2cc3ccccc3c3c2c2cccc(-c4ccc(N(c5ccccc5)c5ccccc5)cc4)c2n3-c2ccccc2)cc1. The summed E-state index contributed by atoms with van der Waals surface area (Å²) in [5.41, 5.74) is 11.8. The number of anilines is 3. The van der Waals surface area contributed by atoms with Crippen LogP contribution in [0.5, 0.6) is 0 Å². The third-order valence-corrected chi connectivity index (χ3v) is 9.34. The van der Waals surface area contributed by atoms with E-state index in [1.165, 1.54) is 54.8 Å². The highest BCUT2D eigenvalue weighted by Gasteiger charge is 2.22. The molecule has 0 unspecified atom stereocenters. The Bertz CT molecular complexity index is 2480. The van der Waals surface area contributed by atoms with Gasteiger partial charge in [-0.15, -0.1) is 0 Å². The molecule has 48 heavy (non-hydrogen) atoms. The summed E-state index contributed by atoms with van der Waals surface area (Å²) < 4.78 is 2.49. The molecule has 0 N–H and O–H groups in total. The summed E-state index contributed by atoms with van der Waals surface area (Å²) in [6.45, 7) is 0. The van der Waals surface area contributed by atoms with Crippen LogP contribution in [0.15, 0.2) is 194 Å². The first-order valence-corrected chi connectivity index (χ1v) is 16.5. The van der Waals surface area contributed by atoms with E-state index in [-0.39, 0.29) is 0 Å². The van der Waals surface area contributed by atoms with E-state index in [2.05, 4.69) is 204 Å². The van der Waals surface area contributed by atoms with Crippen molar-refractivity contribution in [3.63, 3.8) is 0 Å². The fourth-order valence-electron chi connectivity index (χ4n) is 7.24. The van der Waals surface area contributed by atoms with Gasteiger partial charge in [-0.2, -0.15) is 0 Å². The van der Waals surface area contributed by atoms with Gasteiger partial charge in [-0.05, 0) is 76.7 Å². The van der Waals surface area contributed by atoms with Crippen molar-refractivity contribution >= 4 is 49.6 Å². The maximum Gasteiger partial charge on any atom is 0.0625 e. The molecule has 0 fully saturated rings. The van der Waals surface area contributed by atoms with Crippen LogP contribution in [0.25, 0.3) is 60.5 Å². The predicted molar refractivity (Wildman–Crippen MR) is 204 cm³/mol. The van der Waals surface area contributed by atoms with Crippen LogP contribution in [-0.2, 0) is 0 Å². The fraction of sp³-hybridized carbons (Fsp3) is 0. The highest BCUT2D eigenvalue weighted by molar-refractivity contribution is 6.25. The van der Waals surface area contributed by atoms with Crippen molar-refractivity contribution in [2.75, 3.05) is 4.90 Å². The maximum atomic E-state index is 2.49. The lowest BCUT2D eigenvalue weighted by molar-refractivity contribution is 1.19. The number of benzene rings is 8. The first kappa shape index (κ1) is 27.9. The molecule has 0 bridgehead atoms. The molecule has 0 saturated heterocycles. The standard InChI is InChI=1S/C46H32N2/c1-5-16-33(17-6-1)43-32-35-18-13-14-25-41(35)46-44(43)42-27-15-26-40(45(42)48(46)38-23-11-4-12-24-38)34-28-30-39(31-29-34)47(36-19-7-2-8-20-36)37-21-9-3-10-22-37/h1-32H. The Balaban J connectivity index is 1.32. The smallest absolute Gasteiger partial charge is 0.0625 e. The minimum absolute atomic E-state index is 1.12. The first-order valence-electron chi connectivity index (χ1n) is 16.5. The number of hydrogen-bond donors (Lipinski definition) is 0. The lowest BCUT2D eigenvalue weighted by Crippen LogP contribution is -2.09. The average molecular weight is 613 g/mol. The predicted octanol–water partition coefficient (Wildman–Crippen LogP) is 12.7. The van der Waals surface area contributed by atoms with Gasteiger partial charge in [-0.1, -0.05) is 140 Å². The van der Waals surface area contributed by atoms with E-state index >= 15 is 0 Å². The largest absolute Gasteiger partial charge is 0.311 e. The van der Waals surface area contributed by atoms with Crippen molar-refractivity contribution in [2.24, 2.45) is 0 Å². The molecule has 0 spiro atoms. The second kappa shape index (κ2) is 11.8. The van der Waals surface area contributed by atoms with E-state index in [1.807, 2.05) is 0 Å². The van der Waals surface area contributed by atoms with Crippen LogP contribution in [0.4, 0.5) is 17.1 Å². The lowest BCUT2D eigenvalue weighted by atomic mass is 9.94. The summed E-state index contributed by atoms with van der Waals surface area (Å²) in [5, 5.41) is 5.00. The molecule has 0 atom stereocenters. The molecule has 2 heteroatoms. The van der Waals surface area contributed by atoms with Crippen molar-refractivity contribution in [3.05, 3.63) is 194 Å². The lowest BCUT2D eigenvalue weighted by Gasteiger charge is -2.25. The summed E-state index contributed by atoms with van der Waals surface area (Å²) in [6.07, 6.45) is 0.